The van der Waals surface area contributed by atoms with E-state index >= 15 is 0 Å². The molecule has 2 aromatic rings. The minimum absolute atomic E-state index is 0.121. The Kier molecular flexibility index (Phi) is 4.37. The van der Waals surface area contributed by atoms with Crippen LogP contribution in [0.3, 0.4) is 0 Å². The van der Waals surface area contributed by atoms with E-state index in [-0.39, 0.29) is 11.3 Å². The average molecular weight is 339 g/mol. The highest BCUT2D eigenvalue weighted by molar-refractivity contribution is 9.10. The smallest absolute Gasteiger partial charge is 0.270 e. The second-order valence-corrected chi connectivity index (χ2v) is 6.58. The van der Waals surface area contributed by atoms with Crippen molar-refractivity contribution in [3.8, 4) is 0 Å². The summed E-state index contributed by atoms with van der Waals surface area (Å²) in [7, 11) is 0. The molecule has 5 heteroatoms. The number of hydrogen-bond acceptors (Lipinski definition) is 3. The van der Waals surface area contributed by atoms with Gasteiger partial charge in [0.25, 0.3) is 5.91 Å². The fourth-order valence-electron chi connectivity index (χ4n) is 1.73. The van der Waals surface area contributed by atoms with Gasteiger partial charge in [-0.15, -0.1) is 11.3 Å². The van der Waals surface area contributed by atoms with Crippen molar-refractivity contribution in [2.24, 2.45) is 0 Å². The summed E-state index contributed by atoms with van der Waals surface area (Å²) in [6.45, 7) is 4.78. The number of nitrogens with one attached hydrogen (secondary N) is 1. The molecule has 0 aliphatic carbocycles. The SMILES string of the molecule is CC(C)(CNC(=O)c1cscn1)c1cccc(Br)c1. The first-order chi connectivity index (χ1) is 8.99. The molecule has 100 valence electrons. The van der Waals surface area contributed by atoms with Crippen LogP contribution in [0.15, 0.2) is 39.6 Å². The van der Waals surface area contributed by atoms with E-state index in [1.807, 2.05) is 12.1 Å². The minimum atomic E-state index is -0.130. The second kappa shape index (κ2) is 5.84. The quantitative estimate of drug-likeness (QED) is 0.925. The van der Waals surface area contributed by atoms with Crippen molar-refractivity contribution in [1.29, 1.82) is 0 Å². The van der Waals surface area contributed by atoms with Gasteiger partial charge in [-0.1, -0.05) is 41.9 Å². The van der Waals surface area contributed by atoms with Crippen LogP contribution in [-0.4, -0.2) is 17.4 Å². The van der Waals surface area contributed by atoms with Crippen LogP contribution in [0.4, 0.5) is 0 Å². The van der Waals surface area contributed by atoms with Crippen LogP contribution in [0.1, 0.15) is 29.9 Å². The van der Waals surface area contributed by atoms with Crippen LogP contribution in [0.2, 0.25) is 0 Å². The minimum Gasteiger partial charge on any atom is -0.350 e. The van der Waals surface area contributed by atoms with Gasteiger partial charge in [-0.05, 0) is 17.7 Å². The predicted molar refractivity (Wildman–Crippen MR) is 81.6 cm³/mol. The van der Waals surface area contributed by atoms with Gasteiger partial charge in [-0.2, -0.15) is 0 Å². The normalized spacial score (nSPS) is 11.3. The van der Waals surface area contributed by atoms with Gasteiger partial charge < -0.3 is 5.32 Å². The monoisotopic (exact) mass is 338 g/mol. The lowest BCUT2D eigenvalue weighted by molar-refractivity contribution is 0.0941. The molecule has 0 fully saturated rings. The molecule has 3 nitrogen and oxygen atoms in total. The van der Waals surface area contributed by atoms with Crippen molar-refractivity contribution >= 4 is 33.2 Å². The molecule has 1 aromatic carbocycles. The van der Waals surface area contributed by atoms with Crippen LogP contribution >= 0.6 is 27.3 Å². The lowest BCUT2D eigenvalue weighted by Crippen LogP contribution is -2.36. The number of amides is 1. The summed E-state index contributed by atoms with van der Waals surface area (Å²) in [5, 5.41) is 4.68. The number of rotatable bonds is 4. The van der Waals surface area contributed by atoms with Crippen molar-refractivity contribution in [2.45, 2.75) is 19.3 Å². The maximum absolute atomic E-state index is 11.9. The first-order valence-corrected chi connectivity index (χ1v) is 7.65. The van der Waals surface area contributed by atoms with E-state index in [1.165, 1.54) is 16.9 Å². The zero-order chi connectivity index (χ0) is 13.9. The second-order valence-electron chi connectivity index (χ2n) is 4.95. The molecule has 1 N–H and O–H groups in total. The van der Waals surface area contributed by atoms with E-state index < -0.39 is 0 Å². The van der Waals surface area contributed by atoms with E-state index in [0.717, 1.165) is 4.47 Å². The van der Waals surface area contributed by atoms with Crippen molar-refractivity contribution in [2.75, 3.05) is 6.54 Å². The Morgan fingerprint density at radius 3 is 2.89 bits per heavy atom. The Bertz CT molecular complexity index is 567. The number of benzene rings is 1. The Labute approximate surface area is 125 Å². The molecule has 0 saturated carbocycles. The number of halogens is 1. The summed E-state index contributed by atoms with van der Waals surface area (Å²) in [6, 6.07) is 8.14. The Hall–Kier alpha value is -1.20. The van der Waals surface area contributed by atoms with Gasteiger partial charge >= 0.3 is 0 Å². The van der Waals surface area contributed by atoms with E-state index in [0.29, 0.717) is 12.2 Å². The predicted octanol–water partition coefficient (Wildman–Crippen LogP) is 3.61. The fraction of sp³-hybridized carbons (Fsp3) is 0.286. The molecule has 0 aliphatic rings. The van der Waals surface area contributed by atoms with Crippen LogP contribution in [0.5, 0.6) is 0 Å². The molecular weight excluding hydrogens is 324 g/mol. The van der Waals surface area contributed by atoms with E-state index in [2.05, 4.69) is 52.2 Å². The van der Waals surface area contributed by atoms with E-state index in [1.54, 1.807) is 10.9 Å². The molecule has 2 rings (SSSR count). The molecule has 0 bridgehead atoms. The third-order valence-electron chi connectivity index (χ3n) is 2.96. The number of nitrogens with zero attached hydrogens (tertiary/aromatic N) is 1. The summed E-state index contributed by atoms with van der Waals surface area (Å²) in [4.78, 5) is 15.9. The first-order valence-electron chi connectivity index (χ1n) is 5.91. The van der Waals surface area contributed by atoms with Crippen LogP contribution < -0.4 is 5.32 Å². The van der Waals surface area contributed by atoms with Gasteiger partial charge in [-0.25, -0.2) is 4.98 Å². The zero-order valence-corrected chi connectivity index (χ0v) is 13.2. The Morgan fingerprint density at radius 2 is 2.26 bits per heavy atom. The maximum Gasteiger partial charge on any atom is 0.270 e. The molecule has 0 saturated heterocycles. The van der Waals surface area contributed by atoms with Gasteiger partial charge in [0, 0.05) is 21.8 Å². The summed E-state index contributed by atoms with van der Waals surface area (Å²) in [6.07, 6.45) is 0. The van der Waals surface area contributed by atoms with Crippen LogP contribution in [0.25, 0.3) is 0 Å². The molecule has 0 aliphatic heterocycles. The highest BCUT2D eigenvalue weighted by Gasteiger charge is 2.22. The number of carbonyl (C=O) groups excluding carboxylic acids is 1. The first kappa shape index (κ1) is 14.2. The number of hydrogen-bond donors (Lipinski definition) is 1. The summed E-state index contributed by atoms with van der Waals surface area (Å²) < 4.78 is 1.05. The third kappa shape index (κ3) is 3.64. The maximum atomic E-state index is 11.9. The molecule has 0 spiro atoms. The number of carbonyl (C=O) groups is 1. The summed E-state index contributed by atoms with van der Waals surface area (Å²) >= 11 is 4.89. The van der Waals surface area contributed by atoms with Crippen molar-refractivity contribution in [3.05, 3.63) is 50.9 Å². The van der Waals surface area contributed by atoms with Crippen molar-refractivity contribution in [3.63, 3.8) is 0 Å². The fourth-order valence-corrected chi connectivity index (χ4v) is 2.66. The van der Waals surface area contributed by atoms with E-state index in [4.69, 9.17) is 0 Å². The largest absolute Gasteiger partial charge is 0.350 e. The average Bonchev–Trinajstić information content (AvgIpc) is 2.90. The standard InChI is InChI=1S/C14H15BrN2OS/c1-14(2,10-4-3-5-11(15)6-10)8-16-13(18)12-7-19-9-17-12/h3-7,9H,8H2,1-2H3,(H,16,18). The van der Waals surface area contributed by atoms with Crippen LogP contribution in [0, 0.1) is 0 Å². The molecule has 19 heavy (non-hydrogen) atoms. The zero-order valence-electron chi connectivity index (χ0n) is 10.8. The summed E-state index contributed by atoms with van der Waals surface area (Å²) in [5.74, 6) is -0.121. The highest BCUT2D eigenvalue weighted by atomic mass is 79.9. The molecule has 1 aromatic heterocycles. The van der Waals surface area contributed by atoms with Crippen LogP contribution in [-0.2, 0) is 5.41 Å². The highest BCUT2D eigenvalue weighted by Crippen LogP contribution is 2.25. The molecular formula is C14H15BrN2OS. The van der Waals surface area contributed by atoms with Gasteiger partial charge in [0.05, 0.1) is 5.51 Å². The van der Waals surface area contributed by atoms with Gasteiger partial charge in [0.2, 0.25) is 0 Å². The Morgan fingerprint density at radius 1 is 1.47 bits per heavy atom. The third-order valence-corrected chi connectivity index (χ3v) is 4.04. The molecule has 0 atom stereocenters. The summed E-state index contributed by atoms with van der Waals surface area (Å²) in [5.41, 5.74) is 3.19. The van der Waals surface area contributed by atoms with E-state index in [9.17, 15) is 4.79 Å². The van der Waals surface area contributed by atoms with Gasteiger partial charge in [0.15, 0.2) is 0 Å². The molecule has 1 heterocycles. The topological polar surface area (TPSA) is 42.0 Å². The lowest BCUT2D eigenvalue weighted by atomic mass is 9.84. The molecule has 0 unspecified atom stereocenters. The van der Waals surface area contributed by atoms with Crippen molar-refractivity contribution in [1.82, 2.24) is 10.3 Å². The van der Waals surface area contributed by atoms with Gasteiger partial charge in [0.1, 0.15) is 5.69 Å². The Balaban J connectivity index is 2.03. The lowest BCUT2D eigenvalue weighted by Gasteiger charge is -2.25. The molecule has 0 radical (unpaired) electrons. The van der Waals surface area contributed by atoms with Crippen molar-refractivity contribution < 1.29 is 4.79 Å². The molecule has 1 amide bonds. The van der Waals surface area contributed by atoms with Gasteiger partial charge in [-0.3, -0.25) is 4.79 Å². The number of aromatic nitrogens is 1. The number of thiazole rings is 1.